The molecular weight excluding hydrogens is 824 g/mol. The van der Waals surface area contributed by atoms with Gasteiger partial charge in [0.1, 0.15) is 78.7 Å². The van der Waals surface area contributed by atoms with Gasteiger partial charge in [0.25, 0.3) is 0 Å². The van der Waals surface area contributed by atoms with E-state index in [1.165, 1.54) is 51.9 Å². The van der Waals surface area contributed by atoms with Crippen LogP contribution in [0.2, 0.25) is 0 Å². The van der Waals surface area contributed by atoms with Gasteiger partial charge in [0.15, 0.2) is 12.6 Å². The topological polar surface area (TPSA) is 321 Å². The molecule has 20 nitrogen and oxygen atoms in total. The zero-order valence-electron chi connectivity index (χ0n) is 36.5. The first-order chi connectivity index (χ1) is 29.6. The van der Waals surface area contributed by atoms with E-state index in [2.05, 4.69) is 6.92 Å². The van der Waals surface area contributed by atoms with Gasteiger partial charge < -0.3 is 79.9 Å². The second kappa shape index (κ2) is 27.1. The second-order valence-corrected chi connectivity index (χ2v) is 16.9. The average Bonchev–Trinajstić information content (AvgIpc) is 3.27. The van der Waals surface area contributed by atoms with Crippen LogP contribution in [-0.2, 0) is 43.0 Å². The highest BCUT2D eigenvalue weighted by atomic mass is 17.2. The summed E-state index contributed by atoms with van der Waals surface area (Å²) in [6, 6.07) is 0. The third kappa shape index (κ3) is 13.4. The van der Waals surface area contributed by atoms with Crippen molar-refractivity contribution in [1.29, 1.82) is 0 Å². The fourth-order valence-corrected chi connectivity index (χ4v) is 8.61. The molecule has 0 aromatic heterocycles. The molecule has 0 amide bonds. The zero-order chi connectivity index (χ0) is 46.0. The van der Waals surface area contributed by atoms with Crippen molar-refractivity contribution >= 4 is 11.9 Å². The SMILES string of the molecule is CCCCCCCCCCCCCCCC(=O)OOC(=O)C(CC)(CCCC)C1(O[C@H]2[C@H](O)[C@@H](O)C(O[C@H]3[C@H](O)[C@@H](O)[C@@H](O)O[C@@H]3CO)O[C@@H]2CO)O[C@H](CO)[C@@H](O)[C@H](O)[C@H]1O. The summed E-state index contributed by atoms with van der Waals surface area (Å²) < 4.78 is 28.8. The van der Waals surface area contributed by atoms with Crippen molar-refractivity contribution in [3.8, 4) is 0 Å². The fourth-order valence-electron chi connectivity index (χ4n) is 8.61. The van der Waals surface area contributed by atoms with Crippen molar-refractivity contribution < 1.29 is 99.2 Å². The molecule has 0 aromatic rings. The lowest BCUT2D eigenvalue weighted by atomic mass is 9.67. The summed E-state index contributed by atoms with van der Waals surface area (Å²) in [5, 5.41) is 118. The quantitative estimate of drug-likeness (QED) is 0.0291. The zero-order valence-corrected chi connectivity index (χ0v) is 36.5. The predicted molar refractivity (Wildman–Crippen MR) is 215 cm³/mol. The first-order valence-electron chi connectivity index (χ1n) is 22.7. The van der Waals surface area contributed by atoms with Gasteiger partial charge in [0, 0.05) is 0 Å². The number of hydrogen-bond acceptors (Lipinski definition) is 20. The standard InChI is InChI=1S/C42H76O20/c1-4-7-9-10-11-12-13-14-15-16-17-18-19-20-28(46)61-62-40(55)41(6-3,21-8-5-2)42(37(53)32(50)29(47)25(22-43)59-42)60-36-27(24-45)57-39(34(52)31(36)49)58-35-26(23-44)56-38(54)33(51)30(35)48/h25-27,29-39,43-45,47-54H,4-24H2,1-3H3/t25-,26-,27-,29-,30-,31-,32+,33-,34-,35-,36-,37-,38+,39?,41?,42?/m1/s1. The molecule has 0 spiro atoms. The number of unbranched alkanes of at least 4 members (excludes halogenated alkanes) is 13. The molecule has 3 unspecified atom stereocenters. The highest BCUT2D eigenvalue weighted by molar-refractivity contribution is 5.79. The van der Waals surface area contributed by atoms with Crippen molar-refractivity contribution in [2.45, 2.75) is 228 Å². The van der Waals surface area contributed by atoms with E-state index < -0.39 is 129 Å². The van der Waals surface area contributed by atoms with Gasteiger partial charge in [-0.15, -0.1) is 0 Å². The van der Waals surface area contributed by atoms with Gasteiger partial charge in [-0.25, -0.2) is 19.4 Å². The minimum absolute atomic E-state index is 0.0785. The largest absolute Gasteiger partial charge is 0.394 e. The summed E-state index contributed by atoms with van der Waals surface area (Å²) in [7, 11) is 0. The third-order valence-electron chi connectivity index (χ3n) is 12.5. The number of carbonyl (C=O) groups is 2. The lowest BCUT2D eigenvalue weighted by molar-refractivity contribution is -0.437. The van der Waals surface area contributed by atoms with Crippen LogP contribution < -0.4 is 0 Å². The summed E-state index contributed by atoms with van der Waals surface area (Å²) in [6.45, 7) is 2.60. The molecule has 62 heavy (non-hydrogen) atoms. The molecule has 3 saturated heterocycles. The number of aliphatic hydroxyl groups excluding tert-OH is 11. The first kappa shape index (κ1) is 54.6. The molecule has 0 radical (unpaired) electrons. The molecule has 0 aromatic carbocycles. The minimum Gasteiger partial charge on any atom is -0.394 e. The normalized spacial score (nSPS) is 36.2. The first-order valence-corrected chi connectivity index (χ1v) is 22.7. The van der Waals surface area contributed by atoms with Gasteiger partial charge in [0.05, 0.1) is 26.2 Å². The number of aliphatic hydroxyl groups is 11. The monoisotopic (exact) mass is 900 g/mol. The van der Waals surface area contributed by atoms with Gasteiger partial charge in [-0.05, 0) is 19.3 Å². The summed E-state index contributed by atoms with van der Waals surface area (Å²) in [6.07, 6.45) is -12.9. The Bertz CT molecular complexity index is 1270. The number of hydrogen-bond donors (Lipinski definition) is 11. The maximum atomic E-state index is 14.4. The number of rotatable bonds is 27. The molecule has 11 N–H and O–H groups in total. The van der Waals surface area contributed by atoms with Crippen LogP contribution >= 0.6 is 0 Å². The van der Waals surface area contributed by atoms with Crippen LogP contribution in [0.15, 0.2) is 0 Å². The predicted octanol–water partition coefficient (Wildman–Crippen LogP) is -0.133. The summed E-state index contributed by atoms with van der Waals surface area (Å²) in [5.74, 6) is -5.08. The lowest BCUT2D eigenvalue weighted by Crippen LogP contribution is -2.76. The van der Waals surface area contributed by atoms with E-state index in [1.807, 2.05) is 0 Å². The highest BCUT2D eigenvalue weighted by Crippen LogP contribution is 2.52. The van der Waals surface area contributed by atoms with Crippen LogP contribution in [0.25, 0.3) is 0 Å². The number of ether oxygens (including phenoxy) is 5. The molecule has 3 heterocycles. The Balaban J connectivity index is 1.80. The Labute approximate surface area is 363 Å². The Kier molecular flexibility index (Phi) is 23.8. The van der Waals surface area contributed by atoms with Gasteiger partial charge in [-0.1, -0.05) is 111 Å². The number of carbonyl (C=O) groups excluding carboxylic acids is 2. The molecule has 3 aliphatic heterocycles. The van der Waals surface area contributed by atoms with Crippen molar-refractivity contribution in [2.75, 3.05) is 19.8 Å². The molecule has 3 fully saturated rings. The molecule has 20 heteroatoms. The van der Waals surface area contributed by atoms with Crippen LogP contribution in [0.4, 0.5) is 0 Å². The summed E-state index contributed by atoms with van der Waals surface area (Å²) in [5.41, 5.74) is -2.26. The summed E-state index contributed by atoms with van der Waals surface area (Å²) in [4.78, 5) is 37.4. The second-order valence-electron chi connectivity index (χ2n) is 16.9. The van der Waals surface area contributed by atoms with E-state index in [-0.39, 0.29) is 25.7 Å². The van der Waals surface area contributed by atoms with Crippen molar-refractivity contribution in [1.82, 2.24) is 0 Å². The van der Waals surface area contributed by atoms with E-state index in [1.54, 1.807) is 6.92 Å². The lowest BCUT2D eigenvalue weighted by Gasteiger charge is -2.57. The van der Waals surface area contributed by atoms with Crippen molar-refractivity contribution in [3.05, 3.63) is 0 Å². The smallest absolute Gasteiger partial charge is 0.367 e. The summed E-state index contributed by atoms with van der Waals surface area (Å²) >= 11 is 0. The minimum atomic E-state index is -2.90. The van der Waals surface area contributed by atoms with Gasteiger partial charge in [0.2, 0.25) is 5.79 Å². The molecule has 0 aliphatic carbocycles. The van der Waals surface area contributed by atoms with E-state index in [9.17, 15) is 65.8 Å². The average molecular weight is 901 g/mol. The van der Waals surface area contributed by atoms with E-state index in [0.29, 0.717) is 12.8 Å². The highest BCUT2D eigenvalue weighted by Gasteiger charge is 2.70. The molecular formula is C42H76O20. The molecule has 0 bridgehead atoms. The fraction of sp³-hybridized carbons (Fsp3) is 0.952. The van der Waals surface area contributed by atoms with Crippen LogP contribution in [0.5, 0.6) is 0 Å². The van der Waals surface area contributed by atoms with Crippen molar-refractivity contribution in [3.63, 3.8) is 0 Å². The van der Waals surface area contributed by atoms with Gasteiger partial charge in [-0.3, -0.25) is 0 Å². The van der Waals surface area contributed by atoms with Crippen LogP contribution in [-0.4, -0.2) is 180 Å². The van der Waals surface area contributed by atoms with Gasteiger partial charge in [-0.2, -0.15) is 0 Å². The van der Waals surface area contributed by atoms with Crippen LogP contribution in [0.3, 0.4) is 0 Å². The molecule has 0 saturated carbocycles. The van der Waals surface area contributed by atoms with E-state index >= 15 is 0 Å². The third-order valence-corrected chi connectivity index (χ3v) is 12.5. The maximum Gasteiger partial charge on any atom is 0.367 e. The van der Waals surface area contributed by atoms with Gasteiger partial charge >= 0.3 is 11.9 Å². The molecule has 16 atom stereocenters. The Morgan fingerprint density at radius 1 is 0.565 bits per heavy atom. The Morgan fingerprint density at radius 2 is 1.08 bits per heavy atom. The van der Waals surface area contributed by atoms with Crippen molar-refractivity contribution in [2.24, 2.45) is 5.41 Å². The molecule has 3 rings (SSSR count). The van der Waals surface area contributed by atoms with E-state index in [4.69, 9.17) is 33.5 Å². The van der Waals surface area contributed by atoms with Crippen LogP contribution in [0, 0.1) is 5.41 Å². The Hall–Kier alpha value is -1.70. The maximum absolute atomic E-state index is 14.4. The molecule has 3 aliphatic rings. The van der Waals surface area contributed by atoms with E-state index in [0.717, 1.165) is 32.1 Å². The Morgan fingerprint density at radius 3 is 1.61 bits per heavy atom. The van der Waals surface area contributed by atoms with Crippen LogP contribution in [0.1, 0.15) is 136 Å². The molecule has 364 valence electrons.